The topological polar surface area (TPSA) is 55.9 Å². The SMILES string of the molecule is CCSCC(CCc1nccn1C)NN. The Kier molecular flexibility index (Phi) is 5.75. The van der Waals surface area contributed by atoms with E-state index in [1.165, 1.54) is 0 Å². The zero-order valence-electron chi connectivity index (χ0n) is 9.44. The number of nitrogens with one attached hydrogen (secondary N) is 1. The quantitative estimate of drug-likeness (QED) is 0.538. The van der Waals surface area contributed by atoms with Gasteiger partial charge in [0.2, 0.25) is 0 Å². The van der Waals surface area contributed by atoms with Gasteiger partial charge in [0.15, 0.2) is 0 Å². The molecule has 3 N–H and O–H groups in total. The number of imidazole rings is 1. The first-order chi connectivity index (χ1) is 7.27. The predicted molar refractivity (Wildman–Crippen MR) is 65.6 cm³/mol. The van der Waals surface area contributed by atoms with Crippen molar-refractivity contribution in [1.29, 1.82) is 0 Å². The molecule has 5 heteroatoms. The summed E-state index contributed by atoms with van der Waals surface area (Å²) in [4.78, 5) is 4.29. The van der Waals surface area contributed by atoms with E-state index in [2.05, 4.69) is 21.9 Å². The van der Waals surface area contributed by atoms with Crippen LogP contribution in [0.3, 0.4) is 0 Å². The Hall–Kier alpha value is -0.520. The Bertz CT molecular complexity index is 274. The summed E-state index contributed by atoms with van der Waals surface area (Å²) in [6, 6.07) is 0.381. The first-order valence-corrected chi connectivity index (χ1v) is 6.43. The molecule has 0 fully saturated rings. The molecule has 1 unspecified atom stereocenters. The van der Waals surface area contributed by atoms with Gasteiger partial charge in [-0.1, -0.05) is 6.92 Å². The normalized spacial score (nSPS) is 13.0. The van der Waals surface area contributed by atoms with E-state index in [0.717, 1.165) is 30.2 Å². The number of thioether (sulfide) groups is 1. The summed E-state index contributed by atoms with van der Waals surface area (Å²) in [5, 5.41) is 0. The van der Waals surface area contributed by atoms with E-state index in [1.54, 1.807) is 0 Å². The molecule has 15 heavy (non-hydrogen) atoms. The highest BCUT2D eigenvalue weighted by Crippen LogP contribution is 2.07. The van der Waals surface area contributed by atoms with Crippen LogP contribution in [0.4, 0.5) is 0 Å². The molecular formula is C10H20N4S. The number of aromatic nitrogens is 2. The van der Waals surface area contributed by atoms with E-state index in [0.29, 0.717) is 6.04 Å². The number of nitrogens with two attached hydrogens (primary N) is 1. The van der Waals surface area contributed by atoms with Gasteiger partial charge in [-0.2, -0.15) is 11.8 Å². The molecule has 0 aromatic carbocycles. The van der Waals surface area contributed by atoms with Gasteiger partial charge in [0.25, 0.3) is 0 Å². The second-order valence-corrected chi connectivity index (χ2v) is 4.84. The highest BCUT2D eigenvalue weighted by Gasteiger charge is 2.08. The number of nitrogens with zero attached hydrogens (tertiary/aromatic N) is 2. The van der Waals surface area contributed by atoms with Crippen LogP contribution in [0.15, 0.2) is 12.4 Å². The number of hydrogen-bond acceptors (Lipinski definition) is 4. The molecule has 0 amide bonds. The van der Waals surface area contributed by atoms with Crippen LogP contribution < -0.4 is 11.3 Å². The minimum absolute atomic E-state index is 0.381. The zero-order valence-corrected chi connectivity index (χ0v) is 10.3. The lowest BCUT2D eigenvalue weighted by Crippen LogP contribution is -2.37. The number of aryl methyl sites for hydroxylation is 2. The van der Waals surface area contributed by atoms with Crippen molar-refractivity contribution in [2.75, 3.05) is 11.5 Å². The van der Waals surface area contributed by atoms with E-state index in [4.69, 9.17) is 5.84 Å². The number of hydrazine groups is 1. The molecule has 0 saturated heterocycles. The van der Waals surface area contributed by atoms with E-state index in [-0.39, 0.29) is 0 Å². The van der Waals surface area contributed by atoms with Crippen LogP contribution in [0.1, 0.15) is 19.2 Å². The molecule has 1 aromatic heterocycles. The van der Waals surface area contributed by atoms with Gasteiger partial charge in [-0.15, -0.1) is 0 Å². The summed E-state index contributed by atoms with van der Waals surface area (Å²) in [6.45, 7) is 2.16. The van der Waals surface area contributed by atoms with Gasteiger partial charge < -0.3 is 4.57 Å². The van der Waals surface area contributed by atoms with Crippen molar-refractivity contribution in [2.45, 2.75) is 25.8 Å². The van der Waals surface area contributed by atoms with Gasteiger partial charge >= 0.3 is 0 Å². The standard InChI is InChI=1S/C10H20N4S/c1-3-15-8-9(13-11)4-5-10-12-6-7-14(10)2/h6-7,9,13H,3-5,8,11H2,1-2H3. The molecule has 4 nitrogen and oxygen atoms in total. The molecule has 0 aliphatic heterocycles. The van der Waals surface area contributed by atoms with Crippen molar-refractivity contribution >= 4 is 11.8 Å². The average molecular weight is 228 g/mol. The maximum absolute atomic E-state index is 5.50. The van der Waals surface area contributed by atoms with Crippen molar-refractivity contribution in [1.82, 2.24) is 15.0 Å². The molecule has 1 heterocycles. The van der Waals surface area contributed by atoms with Crippen LogP contribution in [0.2, 0.25) is 0 Å². The molecule has 86 valence electrons. The van der Waals surface area contributed by atoms with Crippen LogP contribution in [0, 0.1) is 0 Å². The monoisotopic (exact) mass is 228 g/mol. The Labute approximate surface area is 95.6 Å². The first-order valence-electron chi connectivity index (χ1n) is 5.28. The van der Waals surface area contributed by atoms with E-state index >= 15 is 0 Å². The van der Waals surface area contributed by atoms with Crippen LogP contribution in [-0.2, 0) is 13.5 Å². The molecule has 1 rings (SSSR count). The molecule has 1 atom stereocenters. The van der Waals surface area contributed by atoms with Crippen molar-refractivity contribution in [3.8, 4) is 0 Å². The summed E-state index contributed by atoms with van der Waals surface area (Å²) in [5.74, 6) is 8.83. The van der Waals surface area contributed by atoms with Crippen LogP contribution in [-0.4, -0.2) is 27.1 Å². The minimum atomic E-state index is 0.381. The van der Waals surface area contributed by atoms with Gasteiger partial charge in [0.1, 0.15) is 5.82 Å². The maximum Gasteiger partial charge on any atom is 0.108 e. The van der Waals surface area contributed by atoms with E-state index < -0.39 is 0 Å². The summed E-state index contributed by atoms with van der Waals surface area (Å²) in [7, 11) is 2.02. The molecule has 0 bridgehead atoms. The fourth-order valence-electron chi connectivity index (χ4n) is 1.42. The van der Waals surface area contributed by atoms with Gasteiger partial charge in [-0.05, 0) is 12.2 Å². The molecule has 0 aliphatic carbocycles. The fraction of sp³-hybridized carbons (Fsp3) is 0.700. The molecule has 1 aromatic rings. The Morgan fingerprint density at radius 2 is 2.47 bits per heavy atom. The lowest BCUT2D eigenvalue weighted by molar-refractivity contribution is 0.528. The molecule has 0 radical (unpaired) electrons. The summed E-state index contributed by atoms with van der Waals surface area (Å²) in [5.41, 5.74) is 2.86. The minimum Gasteiger partial charge on any atom is -0.338 e. The van der Waals surface area contributed by atoms with E-state index in [1.807, 2.05) is 31.2 Å². The van der Waals surface area contributed by atoms with Crippen molar-refractivity contribution in [3.05, 3.63) is 18.2 Å². The number of rotatable bonds is 7. The Balaban J connectivity index is 2.31. The van der Waals surface area contributed by atoms with Gasteiger partial charge in [-0.25, -0.2) is 4.98 Å². The lowest BCUT2D eigenvalue weighted by Gasteiger charge is -2.14. The smallest absolute Gasteiger partial charge is 0.108 e. The highest BCUT2D eigenvalue weighted by molar-refractivity contribution is 7.99. The highest BCUT2D eigenvalue weighted by atomic mass is 32.2. The third kappa shape index (κ3) is 4.24. The van der Waals surface area contributed by atoms with E-state index in [9.17, 15) is 0 Å². The second kappa shape index (κ2) is 6.87. The third-order valence-electron chi connectivity index (χ3n) is 2.40. The van der Waals surface area contributed by atoms with Crippen molar-refractivity contribution in [3.63, 3.8) is 0 Å². The van der Waals surface area contributed by atoms with Crippen molar-refractivity contribution < 1.29 is 0 Å². The molecule has 0 aliphatic rings. The number of hydrogen-bond donors (Lipinski definition) is 2. The van der Waals surface area contributed by atoms with Crippen LogP contribution in [0.5, 0.6) is 0 Å². The summed E-state index contributed by atoms with van der Waals surface area (Å²) < 4.78 is 2.06. The lowest BCUT2D eigenvalue weighted by atomic mass is 10.2. The Morgan fingerprint density at radius 1 is 1.67 bits per heavy atom. The second-order valence-electron chi connectivity index (χ2n) is 3.52. The van der Waals surface area contributed by atoms with Crippen LogP contribution >= 0.6 is 11.8 Å². The van der Waals surface area contributed by atoms with Gasteiger partial charge in [0.05, 0.1) is 0 Å². The summed E-state index contributed by atoms with van der Waals surface area (Å²) in [6.07, 6.45) is 5.82. The summed E-state index contributed by atoms with van der Waals surface area (Å²) >= 11 is 1.91. The Morgan fingerprint density at radius 3 is 3.00 bits per heavy atom. The first kappa shape index (κ1) is 12.5. The third-order valence-corrected chi connectivity index (χ3v) is 3.44. The average Bonchev–Trinajstić information content (AvgIpc) is 2.65. The largest absolute Gasteiger partial charge is 0.338 e. The molecule has 0 spiro atoms. The van der Waals surface area contributed by atoms with Gasteiger partial charge in [0, 0.05) is 37.7 Å². The van der Waals surface area contributed by atoms with Gasteiger partial charge in [-0.3, -0.25) is 11.3 Å². The molecule has 0 saturated carbocycles. The van der Waals surface area contributed by atoms with Crippen molar-refractivity contribution in [2.24, 2.45) is 12.9 Å². The van der Waals surface area contributed by atoms with Crippen LogP contribution in [0.25, 0.3) is 0 Å². The fourth-order valence-corrected chi connectivity index (χ4v) is 2.20. The molecular weight excluding hydrogens is 208 g/mol. The zero-order chi connectivity index (χ0) is 11.1. The maximum atomic E-state index is 5.50. The predicted octanol–water partition coefficient (Wildman–Crippen LogP) is 0.938.